The summed E-state index contributed by atoms with van der Waals surface area (Å²) in [5.41, 5.74) is 4.47. The monoisotopic (exact) mass is 323 g/mol. The van der Waals surface area contributed by atoms with Crippen molar-refractivity contribution < 1.29 is 4.74 Å². The molecule has 0 unspecified atom stereocenters. The smallest absolute Gasteiger partial charge is 0.0744 e. The quantitative estimate of drug-likeness (QED) is 0.918. The standard InChI is InChI=1S/C14H18BrN3O/c1-10-11(8-18(2)17-10)7-16-14-6-4-5-13(15)12(14)9-19-3/h4-6,8,16H,7,9H2,1-3H3. The third kappa shape index (κ3) is 3.36. The van der Waals surface area contributed by atoms with Crippen molar-refractivity contribution in [1.82, 2.24) is 9.78 Å². The second-order valence-corrected chi connectivity index (χ2v) is 5.32. The Morgan fingerprint density at radius 1 is 1.42 bits per heavy atom. The van der Waals surface area contributed by atoms with Gasteiger partial charge in [-0.15, -0.1) is 0 Å². The lowest BCUT2D eigenvalue weighted by Crippen LogP contribution is -2.04. The van der Waals surface area contributed by atoms with E-state index in [0.717, 1.165) is 28.0 Å². The number of anilines is 1. The minimum Gasteiger partial charge on any atom is -0.381 e. The van der Waals surface area contributed by atoms with Gasteiger partial charge < -0.3 is 10.1 Å². The van der Waals surface area contributed by atoms with Gasteiger partial charge in [0, 0.05) is 48.2 Å². The molecule has 1 N–H and O–H groups in total. The normalized spacial score (nSPS) is 10.7. The van der Waals surface area contributed by atoms with Crippen LogP contribution in [0.25, 0.3) is 0 Å². The molecule has 0 spiro atoms. The van der Waals surface area contributed by atoms with E-state index in [9.17, 15) is 0 Å². The van der Waals surface area contributed by atoms with E-state index in [-0.39, 0.29) is 0 Å². The maximum Gasteiger partial charge on any atom is 0.0744 e. The van der Waals surface area contributed by atoms with Crippen LogP contribution in [-0.2, 0) is 24.9 Å². The number of aryl methyl sites for hydroxylation is 2. The molecule has 5 heteroatoms. The van der Waals surface area contributed by atoms with Crippen molar-refractivity contribution in [2.24, 2.45) is 7.05 Å². The van der Waals surface area contributed by atoms with Gasteiger partial charge in [0.1, 0.15) is 0 Å². The summed E-state index contributed by atoms with van der Waals surface area (Å²) in [6.07, 6.45) is 2.04. The highest BCUT2D eigenvalue weighted by atomic mass is 79.9. The fraction of sp³-hybridized carbons (Fsp3) is 0.357. The first-order valence-electron chi connectivity index (χ1n) is 6.11. The van der Waals surface area contributed by atoms with Crippen LogP contribution in [0.15, 0.2) is 28.9 Å². The third-order valence-corrected chi connectivity index (χ3v) is 3.73. The second kappa shape index (κ2) is 6.21. The van der Waals surface area contributed by atoms with Gasteiger partial charge in [0.15, 0.2) is 0 Å². The molecule has 102 valence electrons. The average Bonchev–Trinajstić information content (AvgIpc) is 2.69. The molecule has 0 radical (unpaired) electrons. The van der Waals surface area contributed by atoms with Crippen molar-refractivity contribution in [2.75, 3.05) is 12.4 Å². The van der Waals surface area contributed by atoms with Crippen LogP contribution in [0.3, 0.4) is 0 Å². The average molecular weight is 324 g/mol. The highest BCUT2D eigenvalue weighted by Crippen LogP contribution is 2.26. The van der Waals surface area contributed by atoms with Crippen molar-refractivity contribution in [3.8, 4) is 0 Å². The van der Waals surface area contributed by atoms with Crippen molar-refractivity contribution in [3.05, 3.63) is 45.7 Å². The highest BCUT2D eigenvalue weighted by molar-refractivity contribution is 9.10. The molecule has 0 saturated carbocycles. The lowest BCUT2D eigenvalue weighted by Gasteiger charge is -2.13. The minimum atomic E-state index is 0.579. The number of benzene rings is 1. The zero-order chi connectivity index (χ0) is 13.8. The number of hydrogen-bond donors (Lipinski definition) is 1. The summed E-state index contributed by atoms with van der Waals surface area (Å²) in [5.74, 6) is 0. The topological polar surface area (TPSA) is 39.1 Å². The van der Waals surface area contributed by atoms with Gasteiger partial charge in [0.05, 0.1) is 12.3 Å². The number of hydrogen-bond acceptors (Lipinski definition) is 3. The van der Waals surface area contributed by atoms with Crippen molar-refractivity contribution in [3.63, 3.8) is 0 Å². The van der Waals surface area contributed by atoms with Crippen LogP contribution in [0, 0.1) is 6.92 Å². The van der Waals surface area contributed by atoms with Crippen LogP contribution >= 0.6 is 15.9 Å². The Balaban J connectivity index is 2.15. The van der Waals surface area contributed by atoms with E-state index in [1.807, 2.05) is 37.0 Å². The molecule has 1 heterocycles. The van der Waals surface area contributed by atoms with Crippen LogP contribution in [0.2, 0.25) is 0 Å². The van der Waals surface area contributed by atoms with Gasteiger partial charge >= 0.3 is 0 Å². The summed E-state index contributed by atoms with van der Waals surface area (Å²) < 4.78 is 8.14. The maximum atomic E-state index is 5.24. The third-order valence-electron chi connectivity index (χ3n) is 2.99. The first kappa shape index (κ1) is 14.1. The molecule has 19 heavy (non-hydrogen) atoms. The summed E-state index contributed by atoms with van der Waals surface area (Å²) in [5, 5.41) is 7.79. The van der Waals surface area contributed by atoms with Gasteiger partial charge in [-0.3, -0.25) is 4.68 Å². The summed E-state index contributed by atoms with van der Waals surface area (Å²) in [6, 6.07) is 6.10. The van der Waals surface area contributed by atoms with Crippen LogP contribution in [0.4, 0.5) is 5.69 Å². The molecule has 0 aliphatic rings. The predicted molar refractivity (Wildman–Crippen MR) is 80.1 cm³/mol. The number of nitrogens with zero attached hydrogens (tertiary/aromatic N) is 2. The number of aromatic nitrogens is 2. The molecule has 4 nitrogen and oxygen atoms in total. The molecule has 0 bridgehead atoms. The van der Waals surface area contributed by atoms with Crippen LogP contribution < -0.4 is 5.32 Å². The van der Waals surface area contributed by atoms with Crippen molar-refractivity contribution >= 4 is 21.6 Å². The molecule has 0 aliphatic heterocycles. The molecule has 0 fully saturated rings. The Hall–Kier alpha value is -1.33. The van der Waals surface area contributed by atoms with Gasteiger partial charge in [-0.25, -0.2) is 0 Å². The van der Waals surface area contributed by atoms with Crippen molar-refractivity contribution in [1.29, 1.82) is 0 Å². The van der Waals surface area contributed by atoms with E-state index < -0.39 is 0 Å². The molecule has 0 saturated heterocycles. The van der Waals surface area contributed by atoms with Crippen molar-refractivity contribution in [2.45, 2.75) is 20.1 Å². The molecule has 0 atom stereocenters. The summed E-state index contributed by atoms with van der Waals surface area (Å²) >= 11 is 3.56. The number of halogens is 1. The molecule has 2 aromatic rings. The molecule has 1 aromatic heterocycles. The molecular weight excluding hydrogens is 306 g/mol. The number of ether oxygens (including phenoxy) is 1. The lowest BCUT2D eigenvalue weighted by atomic mass is 10.1. The lowest BCUT2D eigenvalue weighted by molar-refractivity contribution is 0.185. The summed E-state index contributed by atoms with van der Waals surface area (Å²) in [4.78, 5) is 0. The molecule has 1 aromatic carbocycles. The maximum absolute atomic E-state index is 5.24. The number of rotatable bonds is 5. The molecular formula is C14H18BrN3O. The largest absolute Gasteiger partial charge is 0.381 e. The van der Waals surface area contributed by atoms with Crippen LogP contribution in [0.1, 0.15) is 16.8 Å². The Labute approximate surface area is 121 Å². The van der Waals surface area contributed by atoms with E-state index in [1.165, 1.54) is 5.56 Å². The van der Waals surface area contributed by atoms with Crippen LogP contribution in [0.5, 0.6) is 0 Å². The molecule has 0 amide bonds. The fourth-order valence-corrected chi connectivity index (χ4v) is 2.51. The second-order valence-electron chi connectivity index (χ2n) is 4.47. The Kier molecular flexibility index (Phi) is 4.61. The van der Waals surface area contributed by atoms with Crippen LogP contribution in [-0.4, -0.2) is 16.9 Å². The van der Waals surface area contributed by atoms with Gasteiger partial charge in [-0.1, -0.05) is 22.0 Å². The first-order valence-corrected chi connectivity index (χ1v) is 6.90. The van der Waals surface area contributed by atoms with Gasteiger partial charge in [0.2, 0.25) is 0 Å². The van der Waals surface area contributed by atoms with E-state index in [1.54, 1.807) is 7.11 Å². The zero-order valence-corrected chi connectivity index (χ0v) is 13.0. The van der Waals surface area contributed by atoms with Gasteiger partial charge in [0.25, 0.3) is 0 Å². The Bertz CT molecular complexity index is 566. The SMILES string of the molecule is COCc1c(Br)cccc1NCc1cn(C)nc1C. The van der Waals surface area contributed by atoms with Gasteiger partial charge in [-0.05, 0) is 19.1 Å². The molecule has 2 rings (SSSR count). The summed E-state index contributed by atoms with van der Waals surface area (Å²) in [7, 11) is 3.64. The highest BCUT2D eigenvalue weighted by Gasteiger charge is 2.08. The summed E-state index contributed by atoms with van der Waals surface area (Å²) in [6.45, 7) is 3.36. The van der Waals surface area contributed by atoms with E-state index in [2.05, 4.69) is 32.4 Å². The van der Waals surface area contributed by atoms with E-state index >= 15 is 0 Å². The molecule has 0 aliphatic carbocycles. The predicted octanol–water partition coefficient (Wildman–Crippen LogP) is 3.25. The zero-order valence-electron chi connectivity index (χ0n) is 11.4. The van der Waals surface area contributed by atoms with E-state index in [4.69, 9.17) is 4.74 Å². The van der Waals surface area contributed by atoms with Gasteiger partial charge in [-0.2, -0.15) is 5.10 Å². The minimum absolute atomic E-state index is 0.579. The Morgan fingerprint density at radius 3 is 2.84 bits per heavy atom. The number of methoxy groups -OCH3 is 1. The van der Waals surface area contributed by atoms with E-state index in [0.29, 0.717) is 6.61 Å². The first-order chi connectivity index (χ1) is 9.11. The number of nitrogens with one attached hydrogen (secondary N) is 1. The fourth-order valence-electron chi connectivity index (χ4n) is 2.03. The Morgan fingerprint density at radius 2 is 2.21 bits per heavy atom.